The summed E-state index contributed by atoms with van der Waals surface area (Å²) in [6.45, 7) is 2.77. The summed E-state index contributed by atoms with van der Waals surface area (Å²) in [6.07, 6.45) is 4.09. The third kappa shape index (κ3) is 3.32. The first-order chi connectivity index (χ1) is 9.63. The maximum Gasteiger partial charge on any atom is 0.159 e. The van der Waals surface area contributed by atoms with Gasteiger partial charge in [-0.25, -0.2) is 8.78 Å². The molecule has 0 aliphatic heterocycles. The number of aromatic nitrogens is 1. The first-order valence-corrected chi connectivity index (χ1v) is 6.79. The van der Waals surface area contributed by atoms with Crippen molar-refractivity contribution in [2.24, 2.45) is 0 Å². The van der Waals surface area contributed by atoms with Crippen molar-refractivity contribution in [3.63, 3.8) is 0 Å². The number of hydrogen-bond donors (Lipinski definition) is 1. The molecule has 1 unspecified atom stereocenters. The van der Waals surface area contributed by atoms with Crippen LogP contribution >= 0.6 is 11.6 Å². The summed E-state index contributed by atoms with van der Waals surface area (Å²) in [5, 5.41) is 3.78. The molecule has 0 spiro atoms. The highest BCUT2D eigenvalue weighted by molar-refractivity contribution is 6.31. The van der Waals surface area contributed by atoms with Crippen LogP contribution in [0.1, 0.15) is 30.5 Å². The van der Waals surface area contributed by atoms with E-state index in [1.54, 1.807) is 18.3 Å². The Kier molecular flexibility index (Phi) is 5.04. The van der Waals surface area contributed by atoms with Crippen LogP contribution in [0.2, 0.25) is 5.02 Å². The van der Waals surface area contributed by atoms with E-state index >= 15 is 0 Å². The Bertz CT molecular complexity index is 590. The second kappa shape index (κ2) is 6.77. The molecule has 1 N–H and O–H groups in total. The third-order valence-electron chi connectivity index (χ3n) is 2.99. The number of rotatable bonds is 5. The van der Waals surface area contributed by atoms with Crippen LogP contribution in [-0.2, 0) is 0 Å². The molecule has 2 aromatic rings. The number of benzene rings is 1. The summed E-state index contributed by atoms with van der Waals surface area (Å²) in [5.74, 6) is -1.72. The molecule has 1 aromatic heterocycles. The summed E-state index contributed by atoms with van der Waals surface area (Å²) in [4.78, 5) is 3.94. The molecule has 0 amide bonds. The van der Waals surface area contributed by atoms with E-state index in [-0.39, 0.29) is 6.04 Å². The van der Waals surface area contributed by atoms with Gasteiger partial charge in [-0.1, -0.05) is 24.6 Å². The van der Waals surface area contributed by atoms with Crippen LogP contribution in [-0.4, -0.2) is 11.5 Å². The summed E-state index contributed by atoms with van der Waals surface area (Å²) < 4.78 is 26.5. The van der Waals surface area contributed by atoms with E-state index in [4.69, 9.17) is 11.6 Å². The molecule has 0 aliphatic rings. The fourth-order valence-corrected chi connectivity index (χ4v) is 2.24. The highest BCUT2D eigenvalue weighted by Gasteiger charge is 2.17. The smallest absolute Gasteiger partial charge is 0.159 e. The molecule has 0 radical (unpaired) electrons. The summed E-state index contributed by atoms with van der Waals surface area (Å²) in [6, 6.07) is 5.36. The van der Waals surface area contributed by atoms with Gasteiger partial charge in [-0.15, -0.1) is 0 Å². The Morgan fingerprint density at radius 3 is 2.70 bits per heavy atom. The van der Waals surface area contributed by atoms with Crippen molar-refractivity contribution in [1.29, 1.82) is 0 Å². The number of halogens is 3. The van der Waals surface area contributed by atoms with Crippen molar-refractivity contribution in [2.45, 2.75) is 19.4 Å². The quantitative estimate of drug-likeness (QED) is 0.898. The van der Waals surface area contributed by atoms with Gasteiger partial charge in [-0.2, -0.15) is 0 Å². The molecule has 2 rings (SSSR count). The molecule has 1 aromatic carbocycles. The normalized spacial score (nSPS) is 12.4. The fourth-order valence-electron chi connectivity index (χ4n) is 2.01. The molecule has 1 heterocycles. The Labute approximate surface area is 121 Å². The molecule has 0 saturated heterocycles. The molecule has 106 valence electrons. The van der Waals surface area contributed by atoms with Gasteiger partial charge < -0.3 is 5.32 Å². The van der Waals surface area contributed by atoms with E-state index < -0.39 is 11.6 Å². The van der Waals surface area contributed by atoms with E-state index in [9.17, 15) is 8.78 Å². The van der Waals surface area contributed by atoms with Crippen molar-refractivity contribution >= 4 is 11.6 Å². The van der Waals surface area contributed by atoms with Crippen LogP contribution < -0.4 is 5.32 Å². The second-order valence-electron chi connectivity index (χ2n) is 4.46. The summed E-state index contributed by atoms with van der Waals surface area (Å²) in [7, 11) is 0. The zero-order chi connectivity index (χ0) is 14.5. The van der Waals surface area contributed by atoms with Crippen molar-refractivity contribution in [3.05, 3.63) is 64.4 Å². The Balaban J connectivity index is 2.41. The zero-order valence-corrected chi connectivity index (χ0v) is 11.8. The number of nitrogens with one attached hydrogen (secondary N) is 1. The Morgan fingerprint density at radius 1 is 1.25 bits per heavy atom. The largest absolute Gasteiger partial charge is 0.306 e. The molecule has 20 heavy (non-hydrogen) atoms. The zero-order valence-electron chi connectivity index (χ0n) is 11.0. The second-order valence-corrected chi connectivity index (χ2v) is 4.87. The Morgan fingerprint density at radius 2 is 2.05 bits per heavy atom. The van der Waals surface area contributed by atoms with Gasteiger partial charge in [-0.05, 0) is 42.3 Å². The maximum absolute atomic E-state index is 13.4. The highest BCUT2D eigenvalue weighted by Crippen LogP contribution is 2.28. The van der Waals surface area contributed by atoms with Crippen LogP contribution in [0.5, 0.6) is 0 Å². The van der Waals surface area contributed by atoms with E-state index in [0.29, 0.717) is 10.6 Å². The van der Waals surface area contributed by atoms with E-state index in [1.807, 2.05) is 6.92 Å². The van der Waals surface area contributed by atoms with Gasteiger partial charge in [0.1, 0.15) is 0 Å². The summed E-state index contributed by atoms with van der Waals surface area (Å²) in [5.41, 5.74) is 1.42. The standard InChI is InChI=1S/C15H15ClF2N2/c1-2-6-20-15(11-5-7-19-9-12(11)16)10-3-4-13(17)14(18)8-10/h3-5,7-9,15,20H,2,6H2,1H3. The van der Waals surface area contributed by atoms with Crippen LogP contribution in [0.15, 0.2) is 36.7 Å². The molecular formula is C15H15ClF2N2. The molecule has 0 bridgehead atoms. The van der Waals surface area contributed by atoms with Crippen molar-refractivity contribution < 1.29 is 8.78 Å². The topological polar surface area (TPSA) is 24.9 Å². The third-order valence-corrected chi connectivity index (χ3v) is 3.31. The SMILES string of the molecule is CCCNC(c1ccc(F)c(F)c1)c1ccncc1Cl. The van der Waals surface area contributed by atoms with Gasteiger partial charge in [0.05, 0.1) is 11.1 Å². The average Bonchev–Trinajstić information content (AvgIpc) is 2.44. The van der Waals surface area contributed by atoms with E-state index in [2.05, 4.69) is 10.3 Å². The van der Waals surface area contributed by atoms with Crippen molar-refractivity contribution in [3.8, 4) is 0 Å². The van der Waals surface area contributed by atoms with Gasteiger partial charge in [0.2, 0.25) is 0 Å². The summed E-state index contributed by atoms with van der Waals surface area (Å²) >= 11 is 6.15. The Hall–Kier alpha value is -1.52. The first kappa shape index (κ1) is 14.9. The molecule has 0 aliphatic carbocycles. The number of pyridine rings is 1. The molecule has 5 heteroatoms. The van der Waals surface area contributed by atoms with Crippen LogP contribution in [0.25, 0.3) is 0 Å². The molecule has 1 atom stereocenters. The van der Waals surface area contributed by atoms with Crippen molar-refractivity contribution in [2.75, 3.05) is 6.54 Å². The van der Waals surface area contributed by atoms with Gasteiger partial charge in [0.25, 0.3) is 0 Å². The first-order valence-electron chi connectivity index (χ1n) is 6.41. The van der Waals surface area contributed by atoms with Crippen LogP contribution in [0, 0.1) is 11.6 Å². The maximum atomic E-state index is 13.4. The van der Waals surface area contributed by atoms with Gasteiger partial charge in [-0.3, -0.25) is 4.98 Å². The van der Waals surface area contributed by atoms with Gasteiger partial charge in [0.15, 0.2) is 11.6 Å². The molecule has 0 saturated carbocycles. The lowest BCUT2D eigenvalue weighted by molar-refractivity contribution is 0.503. The van der Waals surface area contributed by atoms with Gasteiger partial charge >= 0.3 is 0 Å². The highest BCUT2D eigenvalue weighted by atomic mass is 35.5. The van der Waals surface area contributed by atoms with Gasteiger partial charge in [0, 0.05) is 12.4 Å². The monoisotopic (exact) mass is 296 g/mol. The predicted molar refractivity (Wildman–Crippen MR) is 75.7 cm³/mol. The minimum absolute atomic E-state index is 0.291. The minimum atomic E-state index is -0.865. The average molecular weight is 297 g/mol. The molecular weight excluding hydrogens is 282 g/mol. The lowest BCUT2D eigenvalue weighted by Crippen LogP contribution is -2.23. The molecule has 2 nitrogen and oxygen atoms in total. The lowest BCUT2D eigenvalue weighted by atomic mass is 9.99. The van der Waals surface area contributed by atoms with E-state index in [1.165, 1.54) is 12.3 Å². The predicted octanol–water partition coefficient (Wildman–Crippen LogP) is 4.10. The lowest BCUT2D eigenvalue weighted by Gasteiger charge is -2.20. The van der Waals surface area contributed by atoms with Crippen LogP contribution in [0.3, 0.4) is 0 Å². The fraction of sp³-hybridized carbons (Fsp3) is 0.267. The van der Waals surface area contributed by atoms with E-state index in [0.717, 1.165) is 24.6 Å². The van der Waals surface area contributed by atoms with Crippen molar-refractivity contribution in [1.82, 2.24) is 10.3 Å². The van der Waals surface area contributed by atoms with Crippen LogP contribution in [0.4, 0.5) is 8.78 Å². The minimum Gasteiger partial charge on any atom is -0.306 e. The number of hydrogen-bond acceptors (Lipinski definition) is 2. The number of nitrogens with zero attached hydrogens (tertiary/aromatic N) is 1. The molecule has 0 fully saturated rings.